The number of carbonyl (C=O) groups is 1. The fourth-order valence-electron chi connectivity index (χ4n) is 2.58. The van der Waals surface area contributed by atoms with E-state index in [4.69, 9.17) is 28.9 Å². The summed E-state index contributed by atoms with van der Waals surface area (Å²) in [5.74, 6) is 0.842. The first-order valence-electron chi connectivity index (χ1n) is 8.87. The standard InChI is InChI=1S/C20H24Cl2N4O2/c21-9-11-26(12-10-22)17-5-1-16(2-6-17)14-24-25-20(28)19(23)13-15-3-7-18(27)8-4-15/h1-8,14,19,27H,9-13,23H2,(H,25,28)/b24-14-/t19-/m1/s1. The number of rotatable bonds is 10. The van der Waals surface area contributed by atoms with Crippen molar-refractivity contribution in [2.24, 2.45) is 10.8 Å². The predicted molar refractivity (Wildman–Crippen MR) is 116 cm³/mol. The number of amides is 1. The quantitative estimate of drug-likeness (QED) is 0.311. The molecular weight excluding hydrogens is 399 g/mol. The summed E-state index contributed by atoms with van der Waals surface area (Å²) in [7, 11) is 0. The zero-order chi connectivity index (χ0) is 20.4. The van der Waals surface area contributed by atoms with Crippen LogP contribution in [0.3, 0.4) is 0 Å². The van der Waals surface area contributed by atoms with Gasteiger partial charge in [-0.15, -0.1) is 23.2 Å². The van der Waals surface area contributed by atoms with Gasteiger partial charge >= 0.3 is 0 Å². The molecule has 2 aromatic carbocycles. The minimum atomic E-state index is -0.733. The van der Waals surface area contributed by atoms with Gasteiger partial charge in [-0.1, -0.05) is 24.3 Å². The molecule has 2 aromatic rings. The maximum absolute atomic E-state index is 12.1. The van der Waals surface area contributed by atoms with Crippen molar-refractivity contribution in [2.45, 2.75) is 12.5 Å². The van der Waals surface area contributed by atoms with Crippen LogP contribution in [0.2, 0.25) is 0 Å². The molecule has 1 amide bonds. The molecule has 8 heteroatoms. The fourth-order valence-corrected chi connectivity index (χ4v) is 2.99. The minimum absolute atomic E-state index is 0.172. The Morgan fingerprint density at radius 1 is 1.11 bits per heavy atom. The second kappa shape index (κ2) is 11.5. The molecule has 0 spiro atoms. The number of hydrazone groups is 1. The largest absolute Gasteiger partial charge is 0.508 e. The molecule has 0 unspecified atom stereocenters. The number of hydrogen-bond acceptors (Lipinski definition) is 5. The number of phenols is 1. The number of nitrogens with one attached hydrogen (secondary N) is 1. The van der Waals surface area contributed by atoms with Crippen molar-refractivity contribution < 1.29 is 9.90 Å². The highest BCUT2D eigenvalue weighted by Gasteiger charge is 2.13. The molecule has 28 heavy (non-hydrogen) atoms. The van der Waals surface area contributed by atoms with Gasteiger partial charge in [0.25, 0.3) is 5.91 Å². The SMILES string of the molecule is N[C@H](Cc1ccc(O)cc1)C(=O)N/N=C\c1ccc(N(CCCl)CCCl)cc1. The lowest BCUT2D eigenvalue weighted by Crippen LogP contribution is -2.39. The lowest BCUT2D eigenvalue weighted by Gasteiger charge is -2.22. The van der Waals surface area contributed by atoms with E-state index in [0.717, 1.165) is 29.9 Å². The third-order valence-corrected chi connectivity index (χ3v) is 4.42. The highest BCUT2D eigenvalue weighted by Crippen LogP contribution is 2.15. The molecule has 150 valence electrons. The average molecular weight is 423 g/mol. The summed E-state index contributed by atoms with van der Waals surface area (Å²) < 4.78 is 0. The Balaban J connectivity index is 1.87. The van der Waals surface area contributed by atoms with E-state index in [2.05, 4.69) is 15.4 Å². The number of phenolic OH excluding ortho intramolecular Hbond substituents is 1. The van der Waals surface area contributed by atoms with Gasteiger partial charge in [-0.05, 0) is 41.8 Å². The van der Waals surface area contributed by atoms with Crippen LogP contribution in [0.15, 0.2) is 53.6 Å². The Kier molecular flexibility index (Phi) is 9.07. The molecule has 0 aliphatic rings. The molecule has 0 saturated heterocycles. The first kappa shape index (κ1) is 22.0. The molecule has 4 N–H and O–H groups in total. The molecule has 2 rings (SSSR count). The summed E-state index contributed by atoms with van der Waals surface area (Å²) in [5, 5.41) is 13.2. The Labute approximate surface area is 174 Å². The summed E-state index contributed by atoms with van der Waals surface area (Å²) in [5.41, 5.74) is 11.1. The lowest BCUT2D eigenvalue weighted by atomic mass is 10.1. The van der Waals surface area contributed by atoms with E-state index in [1.807, 2.05) is 24.3 Å². The van der Waals surface area contributed by atoms with Gasteiger partial charge in [-0.25, -0.2) is 5.43 Å². The van der Waals surface area contributed by atoms with Crippen molar-refractivity contribution in [1.82, 2.24) is 5.43 Å². The first-order valence-corrected chi connectivity index (χ1v) is 9.93. The third kappa shape index (κ3) is 7.03. The third-order valence-electron chi connectivity index (χ3n) is 4.08. The second-order valence-corrected chi connectivity index (χ2v) is 6.92. The summed E-state index contributed by atoms with van der Waals surface area (Å²) >= 11 is 11.7. The van der Waals surface area contributed by atoms with Gasteiger partial charge in [0.15, 0.2) is 0 Å². The average Bonchev–Trinajstić information content (AvgIpc) is 2.70. The van der Waals surface area contributed by atoms with Crippen LogP contribution in [-0.4, -0.2) is 48.1 Å². The van der Waals surface area contributed by atoms with Crippen LogP contribution < -0.4 is 16.1 Å². The molecule has 6 nitrogen and oxygen atoms in total. The monoisotopic (exact) mass is 422 g/mol. The van der Waals surface area contributed by atoms with Crippen LogP contribution in [0, 0.1) is 0 Å². The second-order valence-electron chi connectivity index (χ2n) is 6.17. The van der Waals surface area contributed by atoms with Gasteiger partial charge in [-0.2, -0.15) is 5.10 Å². The van der Waals surface area contributed by atoms with Gasteiger partial charge in [-0.3, -0.25) is 4.79 Å². The van der Waals surface area contributed by atoms with E-state index in [1.165, 1.54) is 0 Å². The van der Waals surface area contributed by atoms with E-state index < -0.39 is 6.04 Å². The summed E-state index contributed by atoms with van der Waals surface area (Å²) in [6.07, 6.45) is 1.91. The molecule has 0 aliphatic carbocycles. The summed E-state index contributed by atoms with van der Waals surface area (Å²) in [6, 6.07) is 13.6. The number of nitrogens with two attached hydrogens (primary N) is 1. The van der Waals surface area contributed by atoms with Crippen LogP contribution >= 0.6 is 23.2 Å². The highest BCUT2D eigenvalue weighted by molar-refractivity contribution is 6.18. The molecule has 0 fully saturated rings. The number of hydrogen-bond donors (Lipinski definition) is 3. The van der Waals surface area contributed by atoms with Crippen molar-refractivity contribution in [3.63, 3.8) is 0 Å². The van der Waals surface area contributed by atoms with Crippen LogP contribution in [0.1, 0.15) is 11.1 Å². The highest BCUT2D eigenvalue weighted by atomic mass is 35.5. The van der Waals surface area contributed by atoms with Crippen molar-refractivity contribution in [1.29, 1.82) is 0 Å². The Bertz CT molecular complexity index is 761. The number of alkyl halides is 2. The zero-order valence-electron chi connectivity index (χ0n) is 15.4. The zero-order valence-corrected chi connectivity index (χ0v) is 16.9. The van der Waals surface area contributed by atoms with Crippen molar-refractivity contribution in [3.05, 3.63) is 59.7 Å². The van der Waals surface area contributed by atoms with E-state index in [9.17, 15) is 9.90 Å². The number of anilines is 1. The molecule has 0 saturated carbocycles. The van der Waals surface area contributed by atoms with Crippen molar-refractivity contribution in [3.8, 4) is 5.75 Å². The molecule has 0 radical (unpaired) electrons. The number of aromatic hydroxyl groups is 1. The minimum Gasteiger partial charge on any atom is -0.508 e. The predicted octanol–water partition coefficient (Wildman–Crippen LogP) is 2.70. The molecule has 0 heterocycles. The fraction of sp³-hybridized carbons (Fsp3) is 0.300. The normalized spacial score (nSPS) is 12.1. The number of benzene rings is 2. The maximum atomic E-state index is 12.1. The van der Waals surface area contributed by atoms with Gasteiger partial charge in [0.05, 0.1) is 12.3 Å². The van der Waals surface area contributed by atoms with E-state index in [1.54, 1.807) is 30.5 Å². The molecular formula is C20H24Cl2N4O2. The number of carbonyl (C=O) groups excluding carboxylic acids is 1. The van der Waals surface area contributed by atoms with Crippen LogP contribution in [0.4, 0.5) is 5.69 Å². The number of nitrogens with zero attached hydrogens (tertiary/aromatic N) is 2. The Morgan fingerprint density at radius 3 is 2.29 bits per heavy atom. The summed E-state index contributed by atoms with van der Waals surface area (Å²) in [4.78, 5) is 14.2. The first-order chi connectivity index (χ1) is 13.5. The molecule has 0 aliphatic heterocycles. The maximum Gasteiger partial charge on any atom is 0.257 e. The van der Waals surface area contributed by atoms with Crippen LogP contribution in [0.5, 0.6) is 5.75 Å². The smallest absolute Gasteiger partial charge is 0.257 e. The van der Waals surface area contributed by atoms with Crippen molar-refractivity contribution >= 4 is 41.0 Å². The Hall–Kier alpha value is -2.28. The van der Waals surface area contributed by atoms with Crippen LogP contribution in [0.25, 0.3) is 0 Å². The molecule has 1 atom stereocenters. The summed E-state index contributed by atoms with van der Waals surface area (Å²) in [6.45, 7) is 1.44. The van der Waals surface area contributed by atoms with E-state index >= 15 is 0 Å². The topological polar surface area (TPSA) is 90.9 Å². The van der Waals surface area contributed by atoms with E-state index in [-0.39, 0.29) is 11.7 Å². The van der Waals surface area contributed by atoms with Gasteiger partial charge in [0.1, 0.15) is 5.75 Å². The van der Waals surface area contributed by atoms with Crippen molar-refractivity contribution in [2.75, 3.05) is 29.7 Å². The van der Waals surface area contributed by atoms with Gasteiger partial charge in [0.2, 0.25) is 0 Å². The molecule has 0 bridgehead atoms. The van der Waals surface area contributed by atoms with Gasteiger partial charge in [0, 0.05) is 30.5 Å². The number of halogens is 2. The van der Waals surface area contributed by atoms with Gasteiger partial charge < -0.3 is 15.7 Å². The lowest BCUT2D eigenvalue weighted by molar-refractivity contribution is -0.122. The Morgan fingerprint density at radius 2 is 1.71 bits per heavy atom. The van der Waals surface area contributed by atoms with Crippen LogP contribution in [-0.2, 0) is 11.2 Å². The van der Waals surface area contributed by atoms with E-state index in [0.29, 0.717) is 18.2 Å². The molecule has 0 aromatic heterocycles.